The molecule has 0 amide bonds. The van der Waals surface area contributed by atoms with Gasteiger partial charge in [0.15, 0.2) is 0 Å². The Morgan fingerprint density at radius 2 is 1.54 bits per heavy atom. The quantitative estimate of drug-likeness (QED) is 0.610. The van der Waals surface area contributed by atoms with E-state index in [1.807, 2.05) is 0 Å². The average molecular weight is 425 g/mol. The van der Waals surface area contributed by atoms with Gasteiger partial charge >= 0.3 is 24.5 Å². The number of alkyl halides is 9. The van der Waals surface area contributed by atoms with Crippen molar-refractivity contribution in [2.45, 2.75) is 44.2 Å². The molecule has 1 rings (SSSR count). The first kappa shape index (κ1) is 24.1. The molecule has 12 heteroatoms. The number of carbonyl (C=O) groups is 1. The van der Waals surface area contributed by atoms with Crippen molar-refractivity contribution in [1.29, 1.82) is 0 Å². The number of nitrogens with two attached hydrogens (primary N) is 1. The van der Waals surface area contributed by atoms with Gasteiger partial charge < -0.3 is 10.8 Å². The van der Waals surface area contributed by atoms with Crippen LogP contribution >= 0.6 is 0 Å². The van der Waals surface area contributed by atoms with Crippen molar-refractivity contribution in [3.05, 3.63) is 34.4 Å². The van der Waals surface area contributed by atoms with Crippen LogP contribution in [-0.4, -0.2) is 17.6 Å². The van der Waals surface area contributed by atoms with Gasteiger partial charge in [0.1, 0.15) is 0 Å². The Morgan fingerprint density at radius 3 is 1.86 bits per heavy atom. The van der Waals surface area contributed by atoms with Gasteiger partial charge in [0.05, 0.1) is 22.6 Å². The van der Waals surface area contributed by atoms with E-state index >= 15 is 0 Å². The lowest BCUT2D eigenvalue weighted by Crippen LogP contribution is -2.27. The molecule has 0 aliphatic rings. The summed E-state index contributed by atoms with van der Waals surface area (Å²) in [7, 11) is 0. The maximum atomic E-state index is 13.4. The Hall–Kier alpha value is -1.98. The highest BCUT2D eigenvalue weighted by Crippen LogP contribution is 2.48. The van der Waals surface area contributed by atoms with E-state index in [9.17, 15) is 44.3 Å². The molecule has 0 spiro atoms. The van der Waals surface area contributed by atoms with Gasteiger partial charge in [-0.25, -0.2) is 0 Å². The van der Waals surface area contributed by atoms with Crippen LogP contribution in [0.4, 0.5) is 39.5 Å². The predicted octanol–water partition coefficient (Wildman–Crippen LogP) is 5.29. The molecule has 3 N–H and O–H groups in total. The van der Waals surface area contributed by atoms with Crippen LogP contribution in [-0.2, 0) is 23.3 Å². The highest BCUT2D eigenvalue weighted by atomic mass is 19.4. The zero-order chi connectivity index (χ0) is 22.1. The summed E-state index contributed by atoms with van der Waals surface area (Å²) in [6.45, 7) is 0.687. The van der Waals surface area contributed by atoms with Gasteiger partial charge in [0.25, 0.3) is 0 Å². The van der Waals surface area contributed by atoms with Crippen molar-refractivity contribution in [3.8, 4) is 0 Å². The summed E-state index contributed by atoms with van der Waals surface area (Å²) in [5.41, 5.74) is -2.66. The fourth-order valence-electron chi connectivity index (χ4n) is 2.84. The molecule has 0 heterocycles. The van der Waals surface area contributed by atoms with Crippen LogP contribution < -0.4 is 5.73 Å². The summed E-state index contributed by atoms with van der Waals surface area (Å²) in [5, 5.41) is 9.00. The van der Waals surface area contributed by atoms with E-state index in [2.05, 4.69) is 0 Å². The minimum atomic E-state index is -5.71. The lowest BCUT2D eigenvalue weighted by atomic mass is 9.81. The Morgan fingerprint density at radius 1 is 1.00 bits per heavy atom. The highest BCUT2D eigenvalue weighted by Gasteiger charge is 2.48. The van der Waals surface area contributed by atoms with E-state index in [1.54, 1.807) is 0 Å². The topological polar surface area (TPSA) is 63.3 Å². The second-order valence-electron chi connectivity index (χ2n) is 6.09. The number of carboxylic acid groups (broad SMARTS) is 1. The van der Waals surface area contributed by atoms with Crippen molar-refractivity contribution in [2.24, 2.45) is 11.7 Å². The van der Waals surface area contributed by atoms with Crippen LogP contribution in [0.3, 0.4) is 0 Å². The van der Waals surface area contributed by atoms with Gasteiger partial charge in [0.2, 0.25) is 0 Å². The Kier molecular flexibility index (Phi) is 7.02. The maximum absolute atomic E-state index is 13.4. The van der Waals surface area contributed by atoms with Crippen molar-refractivity contribution < 1.29 is 49.4 Å². The average Bonchev–Trinajstić information content (AvgIpc) is 2.51. The molecule has 2 unspecified atom stereocenters. The summed E-state index contributed by atoms with van der Waals surface area (Å²) in [6.07, 6.45) is -17.6. The third-order valence-corrected chi connectivity index (χ3v) is 4.22. The van der Waals surface area contributed by atoms with E-state index in [0.717, 1.165) is 0 Å². The SMILES string of the molecule is CCC(CC(CN)C(=O)O)c1cc(C(F)(F)F)cc(C(F)(F)F)c1C(F)(F)F. The van der Waals surface area contributed by atoms with E-state index in [0.29, 0.717) is 0 Å². The zero-order valence-corrected chi connectivity index (χ0v) is 14.3. The number of benzene rings is 1. The number of aliphatic carboxylic acids is 1. The van der Waals surface area contributed by atoms with Crippen LogP contribution in [0.1, 0.15) is 47.9 Å². The van der Waals surface area contributed by atoms with Gasteiger partial charge in [-0.3, -0.25) is 4.79 Å². The molecule has 0 saturated carbocycles. The van der Waals surface area contributed by atoms with Crippen molar-refractivity contribution in [2.75, 3.05) is 6.54 Å². The summed E-state index contributed by atoms with van der Waals surface area (Å²) < 4.78 is 119. The van der Waals surface area contributed by atoms with E-state index in [4.69, 9.17) is 10.8 Å². The molecule has 0 aliphatic heterocycles. The first-order valence-corrected chi connectivity index (χ1v) is 7.86. The molecule has 0 aliphatic carbocycles. The molecule has 0 aromatic heterocycles. The number of rotatable bonds is 6. The number of hydrogen-bond donors (Lipinski definition) is 2. The minimum Gasteiger partial charge on any atom is -0.481 e. The maximum Gasteiger partial charge on any atom is 0.417 e. The molecule has 0 fully saturated rings. The molecule has 0 bridgehead atoms. The van der Waals surface area contributed by atoms with Crippen molar-refractivity contribution >= 4 is 5.97 Å². The third kappa shape index (κ3) is 5.52. The molecular formula is C16H16F9NO2. The Bertz CT molecular complexity index is 708. The lowest BCUT2D eigenvalue weighted by molar-refractivity contribution is -0.164. The third-order valence-electron chi connectivity index (χ3n) is 4.22. The molecule has 2 atom stereocenters. The van der Waals surface area contributed by atoms with Gasteiger partial charge in [-0.15, -0.1) is 0 Å². The standard InChI is InChI=1S/C16H16F9NO2/c1-2-7(3-8(6-26)13(27)28)10-4-9(14(17,18)19)5-11(15(20,21)22)12(10)16(23,24)25/h4-5,7-8H,2-3,6,26H2,1H3,(H,27,28). The van der Waals surface area contributed by atoms with Crippen LogP contribution in [0, 0.1) is 5.92 Å². The summed E-state index contributed by atoms with van der Waals surface area (Å²) >= 11 is 0. The molecular weight excluding hydrogens is 409 g/mol. The first-order valence-electron chi connectivity index (χ1n) is 7.86. The van der Waals surface area contributed by atoms with Crippen molar-refractivity contribution in [1.82, 2.24) is 0 Å². The van der Waals surface area contributed by atoms with Gasteiger partial charge in [0, 0.05) is 6.54 Å². The molecule has 3 nitrogen and oxygen atoms in total. The number of halogens is 9. The molecule has 1 aromatic rings. The van der Waals surface area contributed by atoms with Gasteiger partial charge in [-0.1, -0.05) is 6.92 Å². The van der Waals surface area contributed by atoms with Gasteiger partial charge in [-0.05, 0) is 36.5 Å². The van der Waals surface area contributed by atoms with Crippen molar-refractivity contribution in [3.63, 3.8) is 0 Å². The second kappa shape index (κ2) is 8.18. The Labute approximate surface area is 153 Å². The molecule has 28 heavy (non-hydrogen) atoms. The number of carboxylic acids is 1. The molecule has 1 aromatic carbocycles. The number of hydrogen-bond acceptors (Lipinski definition) is 2. The van der Waals surface area contributed by atoms with Crippen LogP contribution in [0.25, 0.3) is 0 Å². The lowest BCUT2D eigenvalue weighted by Gasteiger charge is -2.27. The second-order valence-corrected chi connectivity index (χ2v) is 6.09. The van der Waals surface area contributed by atoms with Crippen LogP contribution in [0.5, 0.6) is 0 Å². The first-order chi connectivity index (χ1) is 12.5. The van der Waals surface area contributed by atoms with E-state index in [1.165, 1.54) is 6.92 Å². The largest absolute Gasteiger partial charge is 0.481 e. The monoisotopic (exact) mass is 425 g/mol. The fourth-order valence-corrected chi connectivity index (χ4v) is 2.84. The summed E-state index contributed by atoms with van der Waals surface area (Å²) in [5.74, 6) is -4.49. The smallest absolute Gasteiger partial charge is 0.417 e. The normalized spacial score (nSPS) is 15.4. The van der Waals surface area contributed by atoms with E-state index < -0.39 is 77.6 Å². The van der Waals surface area contributed by atoms with E-state index in [-0.39, 0.29) is 12.5 Å². The molecule has 0 saturated heterocycles. The summed E-state index contributed by atoms with van der Waals surface area (Å²) in [4.78, 5) is 11.1. The van der Waals surface area contributed by atoms with Crippen LogP contribution in [0.15, 0.2) is 12.1 Å². The molecule has 160 valence electrons. The molecule has 0 radical (unpaired) electrons. The predicted molar refractivity (Wildman–Crippen MR) is 79.3 cm³/mol. The highest BCUT2D eigenvalue weighted by molar-refractivity contribution is 5.70. The van der Waals surface area contributed by atoms with Crippen LogP contribution in [0.2, 0.25) is 0 Å². The zero-order valence-electron chi connectivity index (χ0n) is 14.3. The minimum absolute atomic E-state index is 0.00164. The Balaban J connectivity index is 3.84. The van der Waals surface area contributed by atoms with Gasteiger partial charge in [-0.2, -0.15) is 39.5 Å². The summed E-state index contributed by atoms with van der Waals surface area (Å²) in [6, 6.07) is -0.585. The fraction of sp³-hybridized carbons (Fsp3) is 0.562.